The molecule has 0 unspecified atom stereocenters. The van der Waals surface area contributed by atoms with Crippen molar-refractivity contribution < 1.29 is 13.6 Å². The number of furan rings is 1. The maximum absolute atomic E-state index is 12.9. The number of aryl methyl sites for hydroxylation is 1. The van der Waals surface area contributed by atoms with E-state index in [9.17, 15) is 9.18 Å². The van der Waals surface area contributed by atoms with Gasteiger partial charge in [-0.3, -0.25) is 9.69 Å². The second-order valence-electron chi connectivity index (χ2n) is 5.39. The molecule has 5 heteroatoms. The first kappa shape index (κ1) is 13.8. The van der Waals surface area contributed by atoms with E-state index in [1.54, 1.807) is 19.1 Å². The molecule has 0 saturated carbocycles. The maximum atomic E-state index is 12.9. The van der Waals surface area contributed by atoms with Crippen LogP contribution in [-0.4, -0.2) is 17.4 Å². The Morgan fingerprint density at radius 1 is 1.38 bits per heavy atom. The van der Waals surface area contributed by atoms with Crippen molar-refractivity contribution >= 4 is 5.91 Å². The molecule has 110 valence electrons. The zero-order valence-corrected chi connectivity index (χ0v) is 11.9. The number of rotatable bonds is 3. The summed E-state index contributed by atoms with van der Waals surface area (Å²) < 4.78 is 18.6. The fraction of sp³-hybridized carbons (Fsp3) is 0.312. The molecule has 21 heavy (non-hydrogen) atoms. The molecule has 2 heterocycles. The van der Waals surface area contributed by atoms with Crippen molar-refractivity contribution in [1.29, 1.82) is 0 Å². The molecule has 0 atom stereocenters. The predicted molar refractivity (Wildman–Crippen MR) is 76.2 cm³/mol. The van der Waals surface area contributed by atoms with Gasteiger partial charge in [-0.05, 0) is 24.6 Å². The van der Waals surface area contributed by atoms with Gasteiger partial charge in [-0.1, -0.05) is 12.1 Å². The van der Waals surface area contributed by atoms with E-state index in [4.69, 9.17) is 10.2 Å². The number of nitrogens with two attached hydrogens (primary N) is 1. The van der Waals surface area contributed by atoms with Gasteiger partial charge in [-0.25, -0.2) is 4.39 Å². The van der Waals surface area contributed by atoms with Gasteiger partial charge < -0.3 is 10.2 Å². The Balaban J connectivity index is 1.80. The monoisotopic (exact) mass is 288 g/mol. The molecule has 0 aliphatic carbocycles. The van der Waals surface area contributed by atoms with Crippen LogP contribution < -0.4 is 5.73 Å². The fourth-order valence-electron chi connectivity index (χ4n) is 2.89. The lowest BCUT2D eigenvalue weighted by Gasteiger charge is -2.26. The molecule has 0 saturated heterocycles. The summed E-state index contributed by atoms with van der Waals surface area (Å²) in [7, 11) is 0. The molecule has 4 nitrogen and oxygen atoms in total. The maximum Gasteiger partial charge on any atom is 0.252 e. The summed E-state index contributed by atoms with van der Waals surface area (Å²) in [6, 6.07) is 6.48. The zero-order valence-electron chi connectivity index (χ0n) is 11.9. The van der Waals surface area contributed by atoms with Crippen LogP contribution in [0, 0.1) is 12.7 Å². The number of carbonyl (C=O) groups is 1. The molecule has 0 spiro atoms. The van der Waals surface area contributed by atoms with E-state index in [1.165, 1.54) is 12.1 Å². The third kappa shape index (κ3) is 2.69. The molecule has 2 aromatic rings. The summed E-state index contributed by atoms with van der Waals surface area (Å²) in [5.74, 6) is 0.773. The largest absolute Gasteiger partial charge is 0.465 e. The quantitative estimate of drug-likeness (QED) is 0.943. The van der Waals surface area contributed by atoms with Gasteiger partial charge in [-0.2, -0.15) is 0 Å². The number of halogens is 1. The Morgan fingerprint density at radius 3 is 2.76 bits per heavy atom. The molecule has 1 aliphatic heterocycles. The lowest BCUT2D eigenvalue weighted by molar-refractivity contribution is 0.0997. The Labute approximate surface area is 122 Å². The first-order valence-electron chi connectivity index (χ1n) is 6.92. The Bertz CT molecular complexity index is 676. The second-order valence-corrected chi connectivity index (χ2v) is 5.39. The SMILES string of the molecule is Cc1oc2c(c1C(N)=O)CN(Cc1ccc(F)cc1)CC2. The molecular formula is C16H17FN2O2. The summed E-state index contributed by atoms with van der Waals surface area (Å²) in [5, 5.41) is 0. The highest BCUT2D eigenvalue weighted by atomic mass is 19.1. The Hall–Kier alpha value is -2.14. The molecule has 1 aromatic carbocycles. The van der Waals surface area contributed by atoms with Gasteiger partial charge >= 0.3 is 0 Å². The van der Waals surface area contributed by atoms with Crippen LogP contribution in [0.1, 0.15) is 33.0 Å². The fourth-order valence-corrected chi connectivity index (χ4v) is 2.89. The number of nitrogens with zero attached hydrogens (tertiary/aromatic N) is 1. The lowest BCUT2D eigenvalue weighted by Crippen LogP contribution is -2.30. The van der Waals surface area contributed by atoms with E-state index in [0.717, 1.165) is 29.9 Å². The van der Waals surface area contributed by atoms with Crippen LogP contribution in [-0.2, 0) is 19.5 Å². The minimum absolute atomic E-state index is 0.235. The molecule has 3 rings (SSSR count). The predicted octanol–water partition coefficient (Wildman–Crippen LogP) is 2.38. The molecule has 1 aliphatic rings. The van der Waals surface area contributed by atoms with Gasteiger partial charge in [0.2, 0.25) is 0 Å². The molecule has 2 N–H and O–H groups in total. The molecule has 0 radical (unpaired) electrons. The summed E-state index contributed by atoms with van der Waals surface area (Å²) in [6.07, 6.45) is 0.755. The van der Waals surface area contributed by atoms with Crippen molar-refractivity contribution in [2.75, 3.05) is 6.54 Å². The average Bonchev–Trinajstić information content (AvgIpc) is 2.76. The number of carbonyl (C=O) groups excluding carboxylic acids is 1. The van der Waals surface area contributed by atoms with Gasteiger partial charge in [0.1, 0.15) is 17.3 Å². The van der Waals surface area contributed by atoms with E-state index in [1.807, 2.05) is 0 Å². The van der Waals surface area contributed by atoms with Crippen LogP contribution in [0.15, 0.2) is 28.7 Å². The summed E-state index contributed by atoms with van der Waals surface area (Å²) in [5.41, 5.74) is 7.89. The van der Waals surface area contributed by atoms with Crippen molar-refractivity contribution in [3.8, 4) is 0 Å². The van der Waals surface area contributed by atoms with Crippen molar-refractivity contribution in [3.63, 3.8) is 0 Å². The van der Waals surface area contributed by atoms with E-state index in [-0.39, 0.29) is 5.82 Å². The number of hydrogen-bond acceptors (Lipinski definition) is 3. The van der Waals surface area contributed by atoms with Crippen molar-refractivity contribution in [2.24, 2.45) is 5.73 Å². The van der Waals surface area contributed by atoms with Crippen LogP contribution in [0.2, 0.25) is 0 Å². The molecule has 0 fully saturated rings. The Morgan fingerprint density at radius 2 is 2.10 bits per heavy atom. The zero-order chi connectivity index (χ0) is 15.0. The number of benzene rings is 1. The number of fused-ring (bicyclic) bond motifs is 1. The van der Waals surface area contributed by atoms with Crippen LogP contribution >= 0.6 is 0 Å². The first-order chi connectivity index (χ1) is 10.0. The van der Waals surface area contributed by atoms with Crippen molar-refractivity contribution in [1.82, 2.24) is 4.90 Å². The molecular weight excluding hydrogens is 271 g/mol. The number of amides is 1. The average molecular weight is 288 g/mol. The molecule has 0 bridgehead atoms. The minimum Gasteiger partial charge on any atom is -0.465 e. The second kappa shape index (κ2) is 5.33. The first-order valence-corrected chi connectivity index (χ1v) is 6.92. The third-order valence-electron chi connectivity index (χ3n) is 3.87. The highest BCUT2D eigenvalue weighted by molar-refractivity contribution is 5.95. The van der Waals surface area contributed by atoms with E-state index in [2.05, 4.69) is 4.90 Å². The van der Waals surface area contributed by atoms with E-state index in [0.29, 0.717) is 24.4 Å². The highest BCUT2D eigenvalue weighted by Gasteiger charge is 2.27. The van der Waals surface area contributed by atoms with Crippen molar-refractivity contribution in [2.45, 2.75) is 26.4 Å². The van der Waals surface area contributed by atoms with Crippen LogP contribution in [0.25, 0.3) is 0 Å². The molecule has 1 aromatic heterocycles. The van der Waals surface area contributed by atoms with E-state index >= 15 is 0 Å². The van der Waals surface area contributed by atoms with Crippen LogP contribution in [0.4, 0.5) is 4.39 Å². The standard InChI is InChI=1S/C16H17FN2O2/c1-10-15(16(18)20)13-9-19(7-6-14(13)21-10)8-11-2-4-12(17)5-3-11/h2-5H,6-9H2,1H3,(H2,18,20). The summed E-state index contributed by atoms with van der Waals surface area (Å²) in [4.78, 5) is 13.8. The van der Waals surface area contributed by atoms with Crippen molar-refractivity contribution in [3.05, 3.63) is 58.3 Å². The van der Waals surface area contributed by atoms with Crippen LogP contribution in [0.5, 0.6) is 0 Å². The van der Waals surface area contributed by atoms with Gasteiger partial charge in [0.05, 0.1) is 5.56 Å². The van der Waals surface area contributed by atoms with Gasteiger partial charge in [-0.15, -0.1) is 0 Å². The summed E-state index contributed by atoms with van der Waals surface area (Å²) >= 11 is 0. The number of hydrogen-bond donors (Lipinski definition) is 1. The van der Waals surface area contributed by atoms with Gasteiger partial charge in [0.15, 0.2) is 0 Å². The normalized spacial score (nSPS) is 15.0. The number of primary amides is 1. The smallest absolute Gasteiger partial charge is 0.252 e. The Kier molecular flexibility index (Phi) is 3.51. The van der Waals surface area contributed by atoms with Gasteiger partial charge in [0.25, 0.3) is 5.91 Å². The minimum atomic E-state index is -0.443. The van der Waals surface area contributed by atoms with E-state index < -0.39 is 5.91 Å². The lowest BCUT2D eigenvalue weighted by atomic mass is 10.0. The molecule has 1 amide bonds. The summed E-state index contributed by atoms with van der Waals surface area (Å²) in [6.45, 7) is 3.95. The highest BCUT2D eigenvalue weighted by Crippen LogP contribution is 2.28. The third-order valence-corrected chi connectivity index (χ3v) is 3.87. The topological polar surface area (TPSA) is 59.5 Å². The van der Waals surface area contributed by atoms with Gasteiger partial charge in [0, 0.05) is 31.6 Å². The van der Waals surface area contributed by atoms with Crippen LogP contribution in [0.3, 0.4) is 0 Å².